The molecule has 104 valence electrons. The summed E-state index contributed by atoms with van der Waals surface area (Å²) in [6.07, 6.45) is 5.08. The van der Waals surface area contributed by atoms with Crippen LogP contribution in [-0.2, 0) is 14.3 Å². The van der Waals surface area contributed by atoms with Crippen molar-refractivity contribution in [3.05, 3.63) is 0 Å². The second-order valence-corrected chi connectivity index (χ2v) is 5.48. The monoisotopic (exact) mass is 274 g/mol. The largest absolute Gasteiger partial charge is 0.467 e. The number of carbonyl (C=O) groups is 2. The van der Waals surface area contributed by atoms with Crippen LogP contribution in [-0.4, -0.2) is 50.1 Å². The lowest BCUT2D eigenvalue weighted by molar-refractivity contribution is -0.145. The number of methoxy groups -OCH3 is 1. The molecular formula is C12H22N2O3S. The van der Waals surface area contributed by atoms with Crippen LogP contribution in [0.25, 0.3) is 0 Å². The van der Waals surface area contributed by atoms with Gasteiger partial charge in [0.2, 0.25) is 5.91 Å². The van der Waals surface area contributed by atoms with Crippen molar-refractivity contribution in [1.29, 1.82) is 0 Å². The standard InChI is InChI=1S/C12H22N2O3S/c1-17-12(16)10(5-6-18-2)14-11(15)8-13-7-9-3-4-9/h9-10,13H,3-8H2,1-2H3,(H,14,15)/t10-/m0/s1. The van der Waals surface area contributed by atoms with Gasteiger partial charge in [-0.15, -0.1) is 0 Å². The van der Waals surface area contributed by atoms with Crippen molar-refractivity contribution in [2.24, 2.45) is 5.92 Å². The van der Waals surface area contributed by atoms with Crippen LogP contribution in [0, 0.1) is 5.92 Å². The minimum absolute atomic E-state index is 0.146. The first kappa shape index (κ1) is 15.3. The fraction of sp³-hybridized carbons (Fsp3) is 0.833. The van der Waals surface area contributed by atoms with Crippen LogP contribution in [0.1, 0.15) is 19.3 Å². The molecule has 1 amide bonds. The number of carbonyl (C=O) groups excluding carboxylic acids is 2. The van der Waals surface area contributed by atoms with Gasteiger partial charge >= 0.3 is 5.97 Å². The molecule has 18 heavy (non-hydrogen) atoms. The number of esters is 1. The zero-order valence-electron chi connectivity index (χ0n) is 11.0. The quantitative estimate of drug-likeness (QED) is 0.596. The summed E-state index contributed by atoms with van der Waals surface area (Å²) in [4.78, 5) is 23.1. The summed E-state index contributed by atoms with van der Waals surface area (Å²) in [6.45, 7) is 1.16. The molecule has 0 radical (unpaired) electrons. The SMILES string of the molecule is COC(=O)[C@H](CCSC)NC(=O)CNCC1CC1. The zero-order valence-corrected chi connectivity index (χ0v) is 11.8. The molecule has 0 spiro atoms. The van der Waals surface area contributed by atoms with E-state index in [1.165, 1.54) is 20.0 Å². The second kappa shape index (κ2) is 8.37. The Hall–Kier alpha value is -0.750. The molecule has 6 heteroatoms. The van der Waals surface area contributed by atoms with E-state index in [9.17, 15) is 9.59 Å². The molecule has 0 aliphatic heterocycles. The first-order valence-electron chi connectivity index (χ1n) is 6.24. The maximum Gasteiger partial charge on any atom is 0.328 e. The third-order valence-corrected chi connectivity index (χ3v) is 3.49. The Morgan fingerprint density at radius 2 is 2.17 bits per heavy atom. The number of rotatable bonds is 9. The highest BCUT2D eigenvalue weighted by atomic mass is 32.2. The summed E-state index contributed by atoms with van der Waals surface area (Å²) >= 11 is 1.64. The fourth-order valence-electron chi connectivity index (χ4n) is 1.58. The lowest BCUT2D eigenvalue weighted by Gasteiger charge is -2.16. The van der Waals surface area contributed by atoms with Gasteiger partial charge in [-0.05, 0) is 43.7 Å². The van der Waals surface area contributed by atoms with E-state index < -0.39 is 6.04 Å². The van der Waals surface area contributed by atoms with E-state index in [1.54, 1.807) is 11.8 Å². The van der Waals surface area contributed by atoms with Crippen LogP contribution in [0.3, 0.4) is 0 Å². The van der Waals surface area contributed by atoms with Crippen molar-refractivity contribution in [3.63, 3.8) is 0 Å². The van der Waals surface area contributed by atoms with Crippen LogP contribution in [0.4, 0.5) is 0 Å². The molecule has 0 heterocycles. The van der Waals surface area contributed by atoms with Gasteiger partial charge in [-0.2, -0.15) is 11.8 Å². The Morgan fingerprint density at radius 3 is 2.72 bits per heavy atom. The Labute approximate surface area is 112 Å². The van der Waals surface area contributed by atoms with Crippen LogP contribution in [0.5, 0.6) is 0 Å². The second-order valence-electron chi connectivity index (χ2n) is 4.50. The van der Waals surface area contributed by atoms with E-state index in [-0.39, 0.29) is 18.4 Å². The van der Waals surface area contributed by atoms with Gasteiger partial charge in [-0.1, -0.05) is 0 Å². The van der Waals surface area contributed by atoms with Gasteiger partial charge in [-0.25, -0.2) is 4.79 Å². The number of ether oxygens (including phenoxy) is 1. The smallest absolute Gasteiger partial charge is 0.328 e. The molecule has 1 rings (SSSR count). The third kappa shape index (κ3) is 6.26. The molecule has 0 saturated heterocycles. The Morgan fingerprint density at radius 1 is 1.44 bits per heavy atom. The Bertz CT molecular complexity index is 282. The highest BCUT2D eigenvalue weighted by molar-refractivity contribution is 7.98. The molecule has 1 aliphatic rings. The normalized spacial score (nSPS) is 16.1. The van der Waals surface area contributed by atoms with Crippen LogP contribution in [0.2, 0.25) is 0 Å². The highest BCUT2D eigenvalue weighted by Gasteiger charge is 2.22. The summed E-state index contributed by atoms with van der Waals surface area (Å²) in [7, 11) is 1.34. The van der Waals surface area contributed by atoms with Crippen LogP contribution >= 0.6 is 11.8 Å². The lowest BCUT2D eigenvalue weighted by atomic mass is 10.2. The number of thioether (sulfide) groups is 1. The summed E-state index contributed by atoms with van der Waals surface area (Å²) < 4.78 is 4.68. The van der Waals surface area contributed by atoms with Crippen molar-refractivity contribution in [2.75, 3.05) is 32.2 Å². The van der Waals surface area contributed by atoms with Gasteiger partial charge in [0.05, 0.1) is 13.7 Å². The van der Waals surface area contributed by atoms with Gasteiger partial charge in [0.15, 0.2) is 0 Å². The molecule has 1 saturated carbocycles. The van der Waals surface area contributed by atoms with Crippen LogP contribution < -0.4 is 10.6 Å². The van der Waals surface area contributed by atoms with E-state index in [1.807, 2.05) is 6.26 Å². The van der Waals surface area contributed by atoms with Gasteiger partial charge in [0.1, 0.15) is 6.04 Å². The van der Waals surface area contributed by atoms with Crippen molar-refractivity contribution < 1.29 is 14.3 Å². The molecule has 0 aromatic rings. The maximum absolute atomic E-state index is 11.7. The van der Waals surface area contributed by atoms with Gasteiger partial charge in [0, 0.05) is 0 Å². The van der Waals surface area contributed by atoms with Gasteiger partial charge in [-0.3, -0.25) is 4.79 Å². The van der Waals surface area contributed by atoms with Crippen molar-refractivity contribution in [2.45, 2.75) is 25.3 Å². The Kier molecular flexibility index (Phi) is 7.12. The van der Waals surface area contributed by atoms with Crippen molar-refractivity contribution in [1.82, 2.24) is 10.6 Å². The topological polar surface area (TPSA) is 67.4 Å². The van der Waals surface area contributed by atoms with E-state index in [4.69, 9.17) is 0 Å². The molecule has 2 N–H and O–H groups in total. The molecule has 1 atom stereocenters. The average Bonchev–Trinajstić information content (AvgIpc) is 3.17. The molecule has 1 aliphatic carbocycles. The lowest BCUT2D eigenvalue weighted by Crippen LogP contribution is -2.45. The van der Waals surface area contributed by atoms with Crippen molar-refractivity contribution >= 4 is 23.6 Å². The first-order valence-corrected chi connectivity index (χ1v) is 7.63. The molecule has 0 aromatic carbocycles. The minimum atomic E-state index is -0.530. The number of hydrogen-bond acceptors (Lipinski definition) is 5. The highest BCUT2D eigenvalue weighted by Crippen LogP contribution is 2.27. The first-order chi connectivity index (χ1) is 8.67. The van der Waals surface area contributed by atoms with Crippen LogP contribution in [0.15, 0.2) is 0 Å². The summed E-state index contributed by atoms with van der Waals surface area (Å²) in [5, 5.41) is 5.80. The molecule has 0 aromatic heterocycles. The predicted molar refractivity (Wildman–Crippen MR) is 72.5 cm³/mol. The zero-order chi connectivity index (χ0) is 13.4. The number of hydrogen-bond donors (Lipinski definition) is 2. The predicted octanol–water partition coefficient (Wildman–Crippen LogP) is 0.397. The average molecular weight is 274 g/mol. The third-order valence-electron chi connectivity index (χ3n) is 2.85. The maximum atomic E-state index is 11.7. The van der Waals surface area contributed by atoms with E-state index in [0.717, 1.165) is 18.2 Å². The summed E-state index contributed by atoms with van der Waals surface area (Å²) in [5.74, 6) is 1.03. The summed E-state index contributed by atoms with van der Waals surface area (Å²) in [5.41, 5.74) is 0. The molecule has 0 unspecified atom stereocenters. The fourth-order valence-corrected chi connectivity index (χ4v) is 2.06. The minimum Gasteiger partial charge on any atom is -0.467 e. The van der Waals surface area contributed by atoms with E-state index >= 15 is 0 Å². The number of amides is 1. The van der Waals surface area contributed by atoms with Gasteiger partial charge in [0.25, 0.3) is 0 Å². The van der Waals surface area contributed by atoms with E-state index in [0.29, 0.717) is 6.42 Å². The molecule has 5 nitrogen and oxygen atoms in total. The van der Waals surface area contributed by atoms with Crippen molar-refractivity contribution in [3.8, 4) is 0 Å². The summed E-state index contributed by atoms with van der Waals surface area (Å²) in [6, 6.07) is -0.530. The molecule has 0 bridgehead atoms. The molecular weight excluding hydrogens is 252 g/mol. The van der Waals surface area contributed by atoms with E-state index in [2.05, 4.69) is 15.4 Å². The molecule has 1 fully saturated rings. The van der Waals surface area contributed by atoms with Gasteiger partial charge < -0.3 is 15.4 Å². The Balaban J connectivity index is 2.23. The number of nitrogens with one attached hydrogen (secondary N) is 2.